The second kappa shape index (κ2) is 10.8. The summed E-state index contributed by atoms with van der Waals surface area (Å²) in [5.41, 5.74) is 0.725. The van der Waals surface area contributed by atoms with Gasteiger partial charge in [-0.2, -0.15) is 0 Å². The van der Waals surface area contributed by atoms with Crippen molar-refractivity contribution >= 4 is 20.0 Å². The highest BCUT2D eigenvalue weighted by Gasteiger charge is 2.28. The third-order valence-electron chi connectivity index (χ3n) is 5.33. The third kappa shape index (κ3) is 6.76. The average molecular weight is 482 g/mol. The van der Waals surface area contributed by atoms with Gasteiger partial charge in [0, 0.05) is 24.7 Å². The zero-order chi connectivity index (χ0) is 23.2. The molecule has 2 N–H and O–H groups in total. The van der Waals surface area contributed by atoms with Crippen molar-refractivity contribution in [3.05, 3.63) is 54.1 Å². The van der Waals surface area contributed by atoms with Crippen molar-refractivity contribution in [2.75, 3.05) is 26.2 Å². The van der Waals surface area contributed by atoms with Crippen LogP contribution >= 0.6 is 0 Å². The van der Waals surface area contributed by atoms with E-state index in [0.717, 1.165) is 38.0 Å². The molecule has 3 rings (SSSR count). The first-order valence-corrected chi connectivity index (χ1v) is 13.8. The zero-order valence-corrected chi connectivity index (χ0v) is 20.1. The quantitative estimate of drug-likeness (QED) is 0.455. The summed E-state index contributed by atoms with van der Waals surface area (Å²) in [6, 6.07) is 12.5. The number of hydrogen-bond acceptors (Lipinski definition) is 6. The van der Waals surface area contributed by atoms with Gasteiger partial charge in [-0.15, -0.1) is 0 Å². The van der Waals surface area contributed by atoms with E-state index in [-0.39, 0.29) is 22.4 Å². The summed E-state index contributed by atoms with van der Waals surface area (Å²) in [7, 11) is -7.44. The van der Waals surface area contributed by atoms with Crippen molar-refractivity contribution in [3.8, 4) is 5.75 Å². The molecule has 176 valence electrons. The van der Waals surface area contributed by atoms with Gasteiger partial charge in [0.1, 0.15) is 12.4 Å². The number of likely N-dealkylation sites (N-methyl/N-ethyl adjacent to an activating group) is 1. The Morgan fingerprint density at radius 2 is 1.50 bits per heavy atom. The highest BCUT2D eigenvalue weighted by molar-refractivity contribution is 7.90. The van der Waals surface area contributed by atoms with Gasteiger partial charge in [-0.3, -0.25) is 0 Å². The van der Waals surface area contributed by atoms with Crippen LogP contribution < -0.4 is 14.2 Å². The number of para-hydroxylation sites is 1. The van der Waals surface area contributed by atoms with Gasteiger partial charge in [0.05, 0.1) is 9.79 Å². The fraction of sp³-hybridized carbons (Fsp3) is 0.455. The molecule has 1 saturated carbocycles. The molecule has 0 bridgehead atoms. The standard InChI is InChI=1S/C22H31N3O5S2/c1-3-25(4-2)15-16-30-22-8-6-5-7-18(22)17-23-31(26,27)20-11-13-21(14-12-20)32(28,29)24-19-9-10-19/h5-8,11-14,19,23-24H,3-4,9-10,15-17H2,1-2H3. The fourth-order valence-electron chi connectivity index (χ4n) is 3.16. The van der Waals surface area contributed by atoms with Crippen LogP contribution in [0.1, 0.15) is 32.3 Å². The molecule has 10 heteroatoms. The van der Waals surface area contributed by atoms with Gasteiger partial charge >= 0.3 is 0 Å². The smallest absolute Gasteiger partial charge is 0.240 e. The number of nitrogens with one attached hydrogen (secondary N) is 2. The SMILES string of the molecule is CCN(CC)CCOc1ccccc1CNS(=O)(=O)c1ccc(S(=O)(=O)NC2CC2)cc1. The summed E-state index contributed by atoms with van der Waals surface area (Å²) in [4.78, 5) is 2.30. The van der Waals surface area contributed by atoms with Crippen LogP contribution in [0.15, 0.2) is 58.3 Å². The van der Waals surface area contributed by atoms with Gasteiger partial charge in [0.25, 0.3) is 0 Å². The van der Waals surface area contributed by atoms with Crippen LogP contribution in [0.4, 0.5) is 0 Å². The Morgan fingerprint density at radius 3 is 2.09 bits per heavy atom. The third-order valence-corrected chi connectivity index (χ3v) is 8.28. The molecule has 0 spiro atoms. The van der Waals surface area contributed by atoms with Gasteiger partial charge in [0.15, 0.2) is 0 Å². The average Bonchev–Trinajstić information content (AvgIpc) is 3.59. The zero-order valence-electron chi connectivity index (χ0n) is 18.5. The van der Waals surface area contributed by atoms with Crippen LogP contribution in [0.25, 0.3) is 0 Å². The van der Waals surface area contributed by atoms with E-state index in [9.17, 15) is 16.8 Å². The molecule has 32 heavy (non-hydrogen) atoms. The minimum Gasteiger partial charge on any atom is -0.492 e. The Hall–Kier alpha value is -1.98. The summed E-state index contributed by atoms with van der Waals surface area (Å²) in [5.74, 6) is 0.634. The molecule has 0 heterocycles. The molecule has 2 aromatic rings. The van der Waals surface area contributed by atoms with Gasteiger partial charge in [-0.1, -0.05) is 32.0 Å². The topological polar surface area (TPSA) is 105 Å². The Morgan fingerprint density at radius 1 is 0.906 bits per heavy atom. The Labute approximate surface area is 191 Å². The van der Waals surface area contributed by atoms with Crippen LogP contribution in [0.2, 0.25) is 0 Å². The summed E-state index contributed by atoms with van der Waals surface area (Å²) in [6.07, 6.45) is 1.66. The highest BCUT2D eigenvalue weighted by Crippen LogP contribution is 2.23. The van der Waals surface area contributed by atoms with Crippen LogP contribution in [-0.2, 0) is 26.6 Å². The number of benzene rings is 2. The maximum Gasteiger partial charge on any atom is 0.240 e. The summed E-state index contributed by atoms with van der Waals surface area (Å²) in [5, 5.41) is 0. The second-order valence-electron chi connectivity index (χ2n) is 7.67. The lowest BCUT2D eigenvalue weighted by atomic mass is 10.2. The van der Waals surface area contributed by atoms with E-state index in [1.807, 2.05) is 24.3 Å². The molecule has 0 amide bonds. The molecule has 0 aromatic heterocycles. The minimum absolute atomic E-state index is 0.00260. The van der Waals surface area contributed by atoms with Gasteiger partial charge in [0.2, 0.25) is 20.0 Å². The maximum absolute atomic E-state index is 12.7. The maximum atomic E-state index is 12.7. The molecule has 0 aliphatic heterocycles. The molecule has 0 saturated heterocycles. The number of nitrogens with zero attached hydrogens (tertiary/aromatic N) is 1. The summed E-state index contributed by atoms with van der Waals surface area (Å²) < 4.78 is 61.0. The largest absolute Gasteiger partial charge is 0.492 e. The molecule has 1 aliphatic rings. The van der Waals surface area contributed by atoms with E-state index in [2.05, 4.69) is 28.2 Å². The lowest BCUT2D eigenvalue weighted by Gasteiger charge is -2.19. The Kier molecular flexibility index (Phi) is 8.29. The van der Waals surface area contributed by atoms with Crippen molar-refractivity contribution in [2.24, 2.45) is 0 Å². The van der Waals surface area contributed by atoms with E-state index in [0.29, 0.717) is 12.4 Å². The molecular weight excluding hydrogens is 450 g/mol. The number of sulfonamides is 2. The number of hydrogen-bond donors (Lipinski definition) is 2. The van der Waals surface area contributed by atoms with E-state index >= 15 is 0 Å². The Balaban J connectivity index is 1.62. The first-order valence-electron chi connectivity index (χ1n) is 10.8. The Bertz CT molecular complexity index is 1090. The van der Waals surface area contributed by atoms with Crippen molar-refractivity contribution in [1.29, 1.82) is 0 Å². The van der Waals surface area contributed by atoms with Crippen LogP contribution in [0.3, 0.4) is 0 Å². The van der Waals surface area contributed by atoms with Crippen LogP contribution in [0, 0.1) is 0 Å². The molecule has 0 radical (unpaired) electrons. The molecule has 1 fully saturated rings. The van der Waals surface area contributed by atoms with E-state index in [1.54, 1.807) is 0 Å². The predicted molar refractivity (Wildman–Crippen MR) is 124 cm³/mol. The first kappa shape index (κ1) is 24.7. The first-order chi connectivity index (χ1) is 15.2. The van der Waals surface area contributed by atoms with Gasteiger partial charge < -0.3 is 9.64 Å². The lowest BCUT2D eigenvalue weighted by molar-refractivity contribution is 0.221. The molecule has 1 aliphatic carbocycles. The highest BCUT2D eigenvalue weighted by atomic mass is 32.2. The van der Waals surface area contributed by atoms with Gasteiger partial charge in [-0.05, 0) is 56.3 Å². The molecule has 2 aromatic carbocycles. The normalized spacial score (nSPS) is 14.6. The predicted octanol–water partition coefficient (Wildman–Crippen LogP) is 2.33. The number of rotatable bonds is 13. The second-order valence-corrected chi connectivity index (χ2v) is 11.2. The summed E-state index contributed by atoms with van der Waals surface area (Å²) in [6.45, 7) is 7.44. The molecule has 0 atom stereocenters. The van der Waals surface area contributed by atoms with Crippen molar-refractivity contribution in [2.45, 2.75) is 49.1 Å². The van der Waals surface area contributed by atoms with Crippen molar-refractivity contribution in [1.82, 2.24) is 14.3 Å². The van der Waals surface area contributed by atoms with Crippen LogP contribution in [0.5, 0.6) is 5.75 Å². The van der Waals surface area contributed by atoms with Gasteiger partial charge in [-0.25, -0.2) is 26.3 Å². The minimum atomic E-state index is -3.82. The fourth-order valence-corrected chi connectivity index (χ4v) is 5.47. The molecular formula is C22H31N3O5S2. The van der Waals surface area contributed by atoms with Crippen molar-refractivity contribution < 1.29 is 21.6 Å². The van der Waals surface area contributed by atoms with Crippen LogP contribution in [-0.4, -0.2) is 54.0 Å². The summed E-state index contributed by atoms with van der Waals surface area (Å²) >= 11 is 0. The molecule has 8 nitrogen and oxygen atoms in total. The van der Waals surface area contributed by atoms with E-state index < -0.39 is 20.0 Å². The van der Waals surface area contributed by atoms with Crippen molar-refractivity contribution in [3.63, 3.8) is 0 Å². The lowest BCUT2D eigenvalue weighted by Crippen LogP contribution is -2.28. The number of ether oxygens (including phenoxy) is 1. The molecule has 0 unspecified atom stereocenters. The van der Waals surface area contributed by atoms with E-state index in [1.165, 1.54) is 24.3 Å². The van der Waals surface area contributed by atoms with E-state index in [4.69, 9.17) is 4.74 Å². The monoisotopic (exact) mass is 481 g/mol.